The Balaban J connectivity index is 1.44. The molecule has 3 nitrogen and oxygen atoms in total. The number of rotatable bonds is 6. The zero-order valence-electron chi connectivity index (χ0n) is 14.6. The minimum Gasteiger partial charge on any atom is -0.385 e. The molecular formula is C21H23ClFNO2. The van der Waals surface area contributed by atoms with Crippen molar-refractivity contribution >= 4 is 17.4 Å². The van der Waals surface area contributed by atoms with Crippen LogP contribution in [0.2, 0.25) is 5.02 Å². The van der Waals surface area contributed by atoms with E-state index in [4.69, 9.17) is 11.6 Å². The van der Waals surface area contributed by atoms with Crippen LogP contribution in [0.1, 0.15) is 41.6 Å². The van der Waals surface area contributed by atoms with Crippen LogP contribution < -0.4 is 0 Å². The van der Waals surface area contributed by atoms with Crippen molar-refractivity contribution in [1.82, 2.24) is 4.90 Å². The summed E-state index contributed by atoms with van der Waals surface area (Å²) in [5, 5.41) is 11.5. The summed E-state index contributed by atoms with van der Waals surface area (Å²) in [4.78, 5) is 14.5. The molecule has 2 aromatic carbocycles. The lowest BCUT2D eigenvalue weighted by Gasteiger charge is -2.38. The summed E-state index contributed by atoms with van der Waals surface area (Å²) in [6.07, 6.45) is 2.52. The fourth-order valence-electron chi connectivity index (χ4n) is 3.44. The van der Waals surface area contributed by atoms with E-state index in [2.05, 4.69) is 4.90 Å². The summed E-state index contributed by atoms with van der Waals surface area (Å²) in [7, 11) is 0. The minimum atomic E-state index is -0.886. The highest BCUT2D eigenvalue weighted by Crippen LogP contribution is 2.32. The SMILES string of the molecule is O=C(CCCN1CCC(O)(c2ccc(F)cc2)CC1)c1ccc(Cl)cc1. The van der Waals surface area contributed by atoms with E-state index in [0.29, 0.717) is 29.8 Å². The van der Waals surface area contributed by atoms with Crippen LogP contribution in [-0.4, -0.2) is 35.4 Å². The Morgan fingerprint density at radius 2 is 1.69 bits per heavy atom. The number of benzene rings is 2. The van der Waals surface area contributed by atoms with Crippen LogP contribution in [0, 0.1) is 5.82 Å². The average Bonchev–Trinajstić information content (AvgIpc) is 2.64. The predicted molar refractivity (Wildman–Crippen MR) is 101 cm³/mol. The molecule has 5 heteroatoms. The second kappa shape index (κ2) is 8.30. The van der Waals surface area contributed by atoms with Crippen molar-refractivity contribution in [3.63, 3.8) is 0 Å². The Kier molecular flexibility index (Phi) is 6.07. The second-order valence-electron chi connectivity index (χ2n) is 6.91. The van der Waals surface area contributed by atoms with Crippen LogP contribution >= 0.6 is 11.6 Å². The Labute approximate surface area is 158 Å². The maximum Gasteiger partial charge on any atom is 0.162 e. The molecule has 1 heterocycles. The van der Waals surface area contributed by atoms with E-state index in [1.807, 2.05) is 0 Å². The van der Waals surface area contributed by atoms with Gasteiger partial charge in [-0.3, -0.25) is 4.79 Å². The molecule has 1 aliphatic rings. The second-order valence-corrected chi connectivity index (χ2v) is 7.35. The van der Waals surface area contributed by atoms with E-state index in [1.54, 1.807) is 36.4 Å². The van der Waals surface area contributed by atoms with Gasteiger partial charge in [0.2, 0.25) is 0 Å². The molecule has 0 radical (unpaired) electrons. The summed E-state index contributed by atoms with van der Waals surface area (Å²) in [6.45, 7) is 2.37. The molecule has 1 aliphatic heterocycles. The van der Waals surface area contributed by atoms with Crippen LogP contribution in [0.4, 0.5) is 4.39 Å². The predicted octanol–water partition coefficient (Wildman–Crippen LogP) is 4.43. The number of hydrogen-bond donors (Lipinski definition) is 1. The molecule has 138 valence electrons. The molecular weight excluding hydrogens is 353 g/mol. The first kappa shape index (κ1) is 19.0. The first-order valence-electron chi connectivity index (χ1n) is 8.96. The highest BCUT2D eigenvalue weighted by Gasteiger charge is 2.33. The molecule has 1 N–H and O–H groups in total. The van der Waals surface area contributed by atoms with Crippen molar-refractivity contribution in [3.8, 4) is 0 Å². The monoisotopic (exact) mass is 375 g/mol. The van der Waals surface area contributed by atoms with Crippen LogP contribution in [0.15, 0.2) is 48.5 Å². The molecule has 1 saturated heterocycles. The van der Waals surface area contributed by atoms with Gasteiger partial charge in [-0.2, -0.15) is 0 Å². The van der Waals surface area contributed by atoms with Crippen LogP contribution in [0.25, 0.3) is 0 Å². The van der Waals surface area contributed by atoms with Crippen molar-refractivity contribution in [3.05, 3.63) is 70.5 Å². The van der Waals surface area contributed by atoms with Gasteiger partial charge < -0.3 is 10.0 Å². The number of piperidine rings is 1. The molecule has 26 heavy (non-hydrogen) atoms. The topological polar surface area (TPSA) is 40.5 Å². The van der Waals surface area contributed by atoms with Crippen LogP contribution in [0.5, 0.6) is 0 Å². The van der Waals surface area contributed by atoms with Gasteiger partial charge in [0.05, 0.1) is 5.60 Å². The minimum absolute atomic E-state index is 0.126. The fraction of sp³-hybridized carbons (Fsp3) is 0.381. The van der Waals surface area contributed by atoms with Crippen LogP contribution in [0.3, 0.4) is 0 Å². The van der Waals surface area contributed by atoms with Crippen molar-refractivity contribution in [2.24, 2.45) is 0 Å². The molecule has 0 bridgehead atoms. The summed E-state index contributed by atoms with van der Waals surface area (Å²) in [5.41, 5.74) is 0.582. The number of nitrogens with zero attached hydrogens (tertiary/aromatic N) is 1. The maximum absolute atomic E-state index is 13.1. The van der Waals surface area contributed by atoms with Gasteiger partial charge in [-0.25, -0.2) is 4.39 Å². The summed E-state index contributed by atoms with van der Waals surface area (Å²) in [6, 6.07) is 13.1. The fourth-order valence-corrected chi connectivity index (χ4v) is 3.56. The third kappa shape index (κ3) is 4.70. The van der Waals surface area contributed by atoms with E-state index in [9.17, 15) is 14.3 Å². The van der Waals surface area contributed by atoms with Gasteiger partial charge in [0.1, 0.15) is 5.82 Å². The number of aliphatic hydroxyl groups is 1. The van der Waals surface area contributed by atoms with Gasteiger partial charge in [-0.1, -0.05) is 23.7 Å². The standard InChI is InChI=1S/C21H23ClFNO2/c22-18-7-3-16(4-8-18)20(25)2-1-13-24-14-11-21(26,12-15-24)17-5-9-19(23)10-6-17/h3-10,26H,1-2,11-15H2. The van der Waals surface area contributed by atoms with E-state index in [1.165, 1.54) is 12.1 Å². The first-order chi connectivity index (χ1) is 12.5. The summed E-state index contributed by atoms with van der Waals surface area (Å²) in [5.74, 6) is -0.165. The number of ketones is 1. The smallest absolute Gasteiger partial charge is 0.162 e. The highest BCUT2D eigenvalue weighted by atomic mass is 35.5. The van der Waals surface area contributed by atoms with E-state index in [-0.39, 0.29) is 11.6 Å². The Morgan fingerprint density at radius 3 is 2.31 bits per heavy atom. The van der Waals surface area contributed by atoms with Crippen molar-refractivity contribution < 1.29 is 14.3 Å². The van der Waals surface area contributed by atoms with E-state index >= 15 is 0 Å². The van der Waals surface area contributed by atoms with E-state index in [0.717, 1.165) is 31.6 Å². The third-order valence-corrected chi connectivity index (χ3v) is 5.36. The Bertz CT molecular complexity index is 738. The normalized spacial score (nSPS) is 17.2. The highest BCUT2D eigenvalue weighted by molar-refractivity contribution is 6.30. The lowest BCUT2D eigenvalue weighted by Crippen LogP contribution is -2.42. The van der Waals surface area contributed by atoms with Gasteiger partial charge in [0.25, 0.3) is 0 Å². The summed E-state index contributed by atoms with van der Waals surface area (Å²) < 4.78 is 13.1. The average molecular weight is 376 g/mol. The number of Topliss-reactive ketones (excluding diaryl/α,β-unsaturated/α-hetero) is 1. The zero-order valence-corrected chi connectivity index (χ0v) is 15.4. The molecule has 0 atom stereocenters. The number of carbonyl (C=O) groups is 1. The van der Waals surface area contributed by atoms with Crippen molar-refractivity contribution in [1.29, 1.82) is 0 Å². The number of carbonyl (C=O) groups excluding carboxylic acids is 1. The van der Waals surface area contributed by atoms with E-state index < -0.39 is 5.60 Å². The van der Waals surface area contributed by atoms with Crippen LogP contribution in [-0.2, 0) is 5.60 Å². The van der Waals surface area contributed by atoms with Crippen molar-refractivity contribution in [2.75, 3.05) is 19.6 Å². The Hall–Kier alpha value is -1.75. The molecule has 1 fully saturated rings. The first-order valence-corrected chi connectivity index (χ1v) is 9.34. The van der Waals surface area contributed by atoms with Gasteiger partial charge in [0, 0.05) is 30.1 Å². The third-order valence-electron chi connectivity index (χ3n) is 5.11. The Morgan fingerprint density at radius 1 is 1.08 bits per heavy atom. The lowest BCUT2D eigenvalue weighted by atomic mass is 9.84. The van der Waals surface area contributed by atoms with Gasteiger partial charge >= 0.3 is 0 Å². The number of halogens is 2. The number of likely N-dealkylation sites (tertiary alicyclic amines) is 1. The maximum atomic E-state index is 13.1. The largest absolute Gasteiger partial charge is 0.385 e. The molecule has 0 unspecified atom stereocenters. The molecule has 0 aliphatic carbocycles. The molecule has 0 saturated carbocycles. The molecule has 3 rings (SSSR count). The quantitative estimate of drug-likeness (QED) is 0.759. The molecule has 0 amide bonds. The number of hydrogen-bond acceptors (Lipinski definition) is 3. The van der Waals surface area contributed by atoms with Gasteiger partial charge in [-0.05, 0) is 67.8 Å². The molecule has 0 spiro atoms. The summed E-state index contributed by atoms with van der Waals surface area (Å²) >= 11 is 5.84. The molecule has 2 aromatic rings. The van der Waals surface area contributed by atoms with Gasteiger partial charge in [0.15, 0.2) is 5.78 Å². The zero-order chi connectivity index (χ0) is 18.6. The lowest BCUT2D eigenvalue weighted by molar-refractivity contribution is -0.0260. The molecule has 0 aromatic heterocycles. The van der Waals surface area contributed by atoms with Crippen molar-refractivity contribution in [2.45, 2.75) is 31.3 Å². The van der Waals surface area contributed by atoms with Gasteiger partial charge in [-0.15, -0.1) is 0 Å².